The van der Waals surface area contributed by atoms with E-state index in [0.29, 0.717) is 28.5 Å². The molecule has 0 bridgehead atoms. The minimum Gasteiger partial charge on any atom is -0.348 e. The SMILES string of the molecule is Cc1ccccc1C(=O)Nc1sc2c(c1C(=O)NC1CCS(=O)(=O)C1)CCC(C(C)(C)C)C2. The summed E-state index contributed by atoms with van der Waals surface area (Å²) in [5.41, 5.74) is 3.11. The topological polar surface area (TPSA) is 92.3 Å². The van der Waals surface area contributed by atoms with Crippen LogP contribution in [0.1, 0.15) is 70.3 Å². The molecule has 1 aliphatic carbocycles. The van der Waals surface area contributed by atoms with Crippen LogP contribution in [0.5, 0.6) is 0 Å². The molecular weight excluding hydrogens is 456 g/mol. The Morgan fingerprint density at radius 2 is 1.82 bits per heavy atom. The minimum absolute atomic E-state index is 0.0257. The van der Waals surface area contributed by atoms with Crippen molar-refractivity contribution < 1.29 is 18.0 Å². The number of carbonyl (C=O) groups is 2. The van der Waals surface area contributed by atoms with Gasteiger partial charge in [-0.05, 0) is 61.1 Å². The molecule has 2 N–H and O–H groups in total. The van der Waals surface area contributed by atoms with Crippen molar-refractivity contribution in [1.82, 2.24) is 5.32 Å². The minimum atomic E-state index is -3.10. The van der Waals surface area contributed by atoms with E-state index in [1.165, 1.54) is 11.3 Å². The van der Waals surface area contributed by atoms with Crippen molar-refractivity contribution in [2.75, 3.05) is 16.8 Å². The third-order valence-corrected chi connectivity index (χ3v) is 9.84. The fraction of sp³-hybridized carbons (Fsp3) is 0.520. The Labute approximate surface area is 200 Å². The molecular formula is C25H32N2O4S2. The van der Waals surface area contributed by atoms with E-state index >= 15 is 0 Å². The fourth-order valence-electron chi connectivity index (χ4n) is 4.82. The van der Waals surface area contributed by atoms with Crippen LogP contribution in [0.3, 0.4) is 0 Å². The maximum atomic E-state index is 13.4. The van der Waals surface area contributed by atoms with Gasteiger partial charge in [0.05, 0.1) is 17.1 Å². The van der Waals surface area contributed by atoms with Gasteiger partial charge in [0, 0.05) is 16.5 Å². The van der Waals surface area contributed by atoms with Crippen molar-refractivity contribution in [1.29, 1.82) is 0 Å². The number of rotatable bonds is 4. The number of sulfone groups is 1. The molecule has 0 radical (unpaired) electrons. The Kier molecular flexibility index (Phi) is 6.44. The summed E-state index contributed by atoms with van der Waals surface area (Å²) in [4.78, 5) is 27.6. The van der Waals surface area contributed by atoms with Gasteiger partial charge < -0.3 is 10.6 Å². The van der Waals surface area contributed by atoms with Crippen LogP contribution >= 0.6 is 11.3 Å². The van der Waals surface area contributed by atoms with E-state index < -0.39 is 9.84 Å². The Balaban J connectivity index is 1.66. The van der Waals surface area contributed by atoms with E-state index in [-0.39, 0.29) is 34.8 Å². The van der Waals surface area contributed by atoms with Crippen molar-refractivity contribution in [3.63, 3.8) is 0 Å². The largest absolute Gasteiger partial charge is 0.348 e. The van der Waals surface area contributed by atoms with Gasteiger partial charge in [0.15, 0.2) is 9.84 Å². The van der Waals surface area contributed by atoms with Crippen LogP contribution in [0.25, 0.3) is 0 Å². The van der Waals surface area contributed by atoms with Gasteiger partial charge in [-0.15, -0.1) is 11.3 Å². The van der Waals surface area contributed by atoms with Gasteiger partial charge in [-0.2, -0.15) is 0 Å². The number of aryl methyl sites for hydroxylation is 1. The van der Waals surface area contributed by atoms with Crippen molar-refractivity contribution in [3.05, 3.63) is 51.4 Å². The summed E-state index contributed by atoms with van der Waals surface area (Å²) < 4.78 is 23.7. The number of benzene rings is 1. The molecule has 2 atom stereocenters. The maximum absolute atomic E-state index is 13.4. The van der Waals surface area contributed by atoms with Crippen molar-refractivity contribution in [2.24, 2.45) is 11.3 Å². The first-order valence-electron chi connectivity index (χ1n) is 11.5. The van der Waals surface area contributed by atoms with Gasteiger partial charge in [0.1, 0.15) is 5.00 Å². The zero-order valence-electron chi connectivity index (χ0n) is 19.7. The summed E-state index contributed by atoms with van der Waals surface area (Å²) in [7, 11) is -3.10. The summed E-state index contributed by atoms with van der Waals surface area (Å²) >= 11 is 1.49. The maximum Gasteiger partial charge on any atom is 0.256 e. The number of anilines is 1. The third kappa shape index (κ3) is 5.17. The van der Waals surface area contributed by atoms with E-state index in [2.05, 4.69) is 31.4 Å². The van der Waals surface area contributed by atoms with Gasteiger partial charge in [-0.3, -0.25) is 9.59 Å². The zero-order valence-corrected chi connectivity index (χ0v) is 21.3. The highest BCUT2D eigenvalue weighted by Gasteiger charge is 2.36. The first-order chi connectivity index (χ1) is 15.4. The third-order valence-electron chi connectivity index (χ3n) is 6.90. The lowest BCUT2D eigenvalue weighted by atomic mass is 9.72. The van der Waals surface area contributed by atoms with Gasteiger partial charge in [-0.25, -0.2) is 8.42 Å². The number of thiophene rings is 1. The number of amides is 2. The highest BCUT2D eigenvalue weighted by atomic mass is 32.2. The smallest absolute Gasteiger partial charge is 0.256 e. The quantitative estimate of drug-likeness (QED) is 0.668. The summed E-state index contributed by atoms with van der Waals surface area (Å²) in [5, 5.41) is 6.49. The monoisotopic (exact) mass is 488 g/mol. The molecule has 2 heterocycles. The molecule has 4 rings (SSSR count). The van der Waals surface area contributed by atoms with E-state index in [4.69, 9.17) is 0 Å². The van der Waals surface area contributed by atoms with Crippen LogP contribution in [0.2, 0.25) is 0 Å². The van der Waals surface area contributed by atoms with Crippen molar-refractivity contribution in [3.8, 4) is 0 Å². The summed E-state index contributed by atoms with van der Waals surface area (Å²) in [6.07, 6.45) is 3.06. The van der Waals surface area contributed by atoms with Crippen LogP contribution in [0.15, 0.2) is 24.3 Å². The summed E-state index contributed by atoms with van der Waals surface area (Å²) in [6, 6.07) is 6.98. The number of fused-ring (bicyclic) bond motifs is 1. The van der Waals surface area contributed by atoms with Gasteiger partial charge in [-0.1, -0.05) is 39.0 Å². The Morgan fingerprint density at radius 1 is 1.09 bits per heavy atom. The molecule has 1 aromatic carbocycles. The van der Waals surface area contributed by atoms with E-state index in [0.717, 1.165) is 35.3 Å². The van der Waals surface area contributed by atoms with Crippen molar-refractivity contribution in [2.45, 2.75) is 59.4 Å². The normalized spacial score (nSPS) is 21.9. The molecule has 2 amide bonds. The molecule has 1 fully saturated rings. The Hall–Kier alpha value is -2.19. The van der Waals surface area contributed by atoms with Crippen LogP contribution in [0.4, 0.5) is 5.00 Å². The second-order valence-corrected chi connectivity index (χ2v) is 13.7. The second-order valence-electron chi connectivity index (χ2n) is 10.4. The number of nitrogens with one attached hydrogen (secondary N) is 2. The van der Waals surface area contributed by atoms with Crippen LogP contribution in [-0.4, -0.2) is 37.8 Å². The predicted molar refractivity (Wildman–Crippen MR) is 133 cm³/mol. The highest BCUT2D eigenvalue weighted by Crippen LogP contribution is 2.44. The molecule has 1 saturated heterocycles. The van der Waals surface area contributed by atoms with Gasteiger partial charge >= 0.3 is 0 Å². The molecule has 2 aromatic rings. The highest BCUT2D eigenvalue weighted by molar-refractivity contribution is 7.91. The molecule has 0 spiro atoms. The molecule has 178 valence electrons. The molecule has 2 aliphatic rings. The predicted octanol–water partition coefficient (Wildman–Crippen LogP) is 4.38. The second kappa shape index (κ2) is 8.87. The number of hydrogen-bond donors (Lipinski definition) is 2. The average molecular weight is 489 g/mol. The van der Waals surface area contributed by atoms with Crippen molar-refractivity contribution >= 4 is 38.0 Å². The van der Waals surface area contributed by atoms with Crippen LogP contribution in [0, 0.1) is 18.3 Å². The molecule has 6 nitrogen and oxygen atoms in total. The standard InChI is InChI=1S/C25H32N2O4S2/c1-15-7-5-6-8-18(15)22(28)27-24-21(23(29)26-17-11-12-33(30,31)14-17)19-10-9-16(25(2,3)4)13-20(19)32-24/h5-8,16-17H,9-14H2,1-4H3,(H,26,29)(H,27,28). The molecule has 33 heavy (non-hydrogen) atoms. The molecule has 2 unspecified atom stereocenters. The van der Waals surface area contributed by atoms with Crippen LogP contribution in [-0.2, 0) is 22.7 Å². The number of carbonyl (C=O) groups excluding carboxylic acids is 2. The lowest BCUT2D eigenvalue weighted by Crippen LogP contribution is -2.36. The number of hydrogen-bond acceptors (Lipinski definition) is 5. The zero-order chi connectivity index (χ0) is 24.0. The summed E-state index contributed by atoms with van der Waals surface area (Å²) in [6.45, 7) is 8.61. The molecule has 0 saturated carbocycles. The Morgan fingerprint density at radius 3 is 2.45 bits per heavy atom. The lowest BCUT2D eigenvalue weighted by Gasteiger charge is -2.33. The van der Waals surface area contributed by atoms with Gasteiger partial charge in [0.25, 0.3) is 11.8 Å². The average Bonchev–Trinajstić information content (AvgIpc) is 3.25. The molecule has 1 aromatic heterocycles. The first-order valence-corrected chi connectivity index (χ1v) is 14.1. The van der Waals surface area contributed by atoms with Gasteiger partial charge in [0.2, 0.25) is 0 Å². The fourth-order valence-corrected chi connectivity index (χ4v) is 7.81. The molecule has 8 heteroatoms. The van der Waals surface area contributed by atoms with E-state index in [1.54, 1.807) is 6.07 Å². The Bertz CT molecular complexity index is 1190. The van der Waals surface area contributed by atoms with E-state index in [9.17, 15) is 18.0 Å². The first kappa shape index (κ1) is 24.0. The van der Waals surface area contributed by atoms with E-state index in [1.807, 2.05) is 25.1 Å². The molecule has 1 aliphatic heterocycles. The lowest BCUT2D eigenvalue weighted by molar-refractivity contribution is 0.0941. The van der Waals surface area contributed by atoms with Crippen LogP contribution < -0.4 is 10.6 Å². The summed E-state index contributed by atoms with van der Waals surface area (Å²) in [5.74, 6) is 0.0474.